The maximum Gasteiger partial charge on any atom is 0.269 e. The number of amides is 1. The van der Waals surface area contributed by atoms with Gasteiger partial charge in [0, 0.05) is 30.6 Å². The van der Waals surface area contributed by atoms with Gasteiger partial charge in [-0.15, -0.1) is 0 Å². The highest BCUT2D eigenvalue weighted by molar-refractivity contribution is 5.99. The van der Waals surface area contributed by atoms with Gasteiger partial charge in [0.15, 0.2) is 11.6 Å². The number of H-pyrrole nitrogens is 1. The quantitative estimate of drug-likeness (QED) is 0.402. The summed E-state index contributed by atoms with van der Waals surface area (Å²) in [7, 11) is 1.59. The Bertz CT molecular complexity index is 1260. The number of nitrogens with one attached hydrogen (secondary N) is 2. The lowest BCUT2D eigenvalue weighted by Gasteiger charge is -2.30. The predicted molar refractivity (Wildman–Crippen MR) is 128 cm³/mol. The fraction of sp³-hybridized carbons (Fsp3) is 0.400. The van der Waals surface area contributed by atoms with E-state index in [1.807, 2.05) is 13.0 Å². The number of nitrogens with two attached hydrogens (primary N) is 1. The van der Waals surface area contributed by atoms with E-state index in [0.29, 0.717) is 23.4 Å². The van der Waals surface area contributed by atoms with Crippen molar-refractivity contribution in [2.45, 2.75) is 39.0 Å². The first-order chi connectivity index (χ1) is 16.7. The second-order valence-electron chi connectivity index (χ2n) is 9.14. The second-order valence-corrected chi connectivity index (χ2v) is 9.14. The van der Waals surface area contributed by atoms with Crippen molar-refractivity contribution in [2.75, 3.05) is 11.9 Å². The van der Waals surface area contributed by atoms with E-state index in [1.165, 1.54) is 23.0 Å². The Hall–Kier alpha value is -3.82. The van der Waals surface area contributed by atoms with Gasteiger partial charge in [0.1, 0.15) is 11.5 Å². The first-order valence-corrected chi connectivity index (χ1v) is 11.7. The molecule has 0 radical (unpaired) electrons. The standard InChI is InChI=1S/C25H29FN6O3/c1-14-9-21(31-30-14)16-7-8-19(20(26)11-16)24(34)18-6-4-3-5-15(18)10-17(33)12-28-22-13-29-32(2)23(22)25(27)35/h7-9,11,13,15,18,28H,3-6,10,12H2,1-2H3,(H2,27,35)(H,30,31). The van der Waals surface area contributed by atoms with Crippen molar-refractivity contribution in [3.05, 3.63) is 53.2 Å². The number of benzene rings is 1. The molecule has 2 aromatic heterocycles. The summed E-state index contributed by atoms with van der Waals surface area (Å²) < 4.78 is 16.3. The number of carbonyl (C=O) groups excluding carboxylic acids is 3. The second kappa shape index (κ2) is 10.2. The Morgan fingerprint density at radius 3 is 2.69 bits per heavy atom. The predicted octanol–water partition coefficient (Wildman–Crippen LogP) is 3.42. The molecule has 1 aliphatic rings. The van der Waals surface area contributed by atoms with Crippen molar-refractivity contribution in [3.63, 3.8) is 0 Å². The van der Waals surface area contributed by atoms with Gasteiger partial charge in [-0.1, -0.05) is 18.9 Å². The Labute approximate surface area is 202 Å². The SMILES string of the molecule is Cc1cc(-c2ccc(C(=O)C3CCCCC3CC(=O)CNc3cnn(C)c3C(N)=O)c(F)c2)n[nH]1. The molecule has 2 unspecified atom stereocenters. The summed E-state index contributed by atoms with van der Waals surface area (Å²) in [5, 5.41) is 13.9. The number of halogens is 1. The van der Waals surface area contributed by atoms with Crippen LogP contribution in [0.2, 0.25) is 0 Å². The molecule has 4 N–H and O–H groups in total. The van der Waals surface area contributed by atoms with Crippen molar-refractivity contribution in [1.29, 1.82) is 0 Å². The van der Waals surface area contributed by atoms with Gasteiger partial charge < -0.3 is 11.1 Å². The van der Waals surface area contributed by atoms with Crippen LogP contribution in [0, 0.1) is 24.6 Å². The Morgan fingerprint density at radius 1 is 1.23 bits per heavy atom. The maximum atomic E-state index is 15.0. The number of hydrogen-bond acceptors (Lipinski definition) is 6. The summed E-state index contributed by atoms with van der Waals surface area (Å²) in [6.07, 6.45) is 4.78. The highest BCUT2D eigenvalue weighted by Gasteiger charge is 2.34. The van der Waals surface area contributed by atoms with Crippen molar-refractivity contribution >= 4 is 23.2 Å². The molecule has 0 spiro atoms. The number of aromatic amines is 1. The number of anilines is 1. The topological polar surface area (TPSA) is 136 Å². The van der Waals surface area contributed by atoms with E-state index in [2.05, 4.69) is 20.6 Å². The summed E-state index contributed by atoms with van der Waals surface area (Å²) in [5.41, 5.74) is 8.07. The zero-order valence-corrected chi connectivity index (χ0v) is 19.8. The smallest absolute Gasteiger partial charge is 0.269 e. The average molecular weight is 481 g/mol. The highest BCUT2D eigenvalue weighted by atomic mass is 19.1. The third-order valence-electron chi connectivity index (χ3n) is 6.62. The number of hydrogen-bond donors (Lipinski definition) is 3. The van der Waals surface area contributed by atoms with Gasteiger partial charge in [0.25, 0.3) is 5.91 Å². The van der Waals surface area contributed by atoms with E-state index < -0.39 is 17.6 Å². The van der Waals surface area contributed by atoms with Crippen molar-refractivity contribution in [2.24, 2.45) is 24.6 Å². The van der Waals surface area contributed by atoms with Crippen LogP contribution in [0.4, 0.5) is 10.1 Å². The summed E-state index contributed by atoms with van der Waals surface area (Å²) in [6.45, 7) is 1.84. The molecule has 2 heterocycles. The van der Waals surface area contributed by atoms with Crippen molar-refractivity contribution in [1.82, 2.24) is 20.0 Å². The molecule has 1 aliphatic carbocycles. The lowest BCUT2D eigenvalue weighted by atomic mass is 9.73. The molecular weight excluding hydrogens is 451 g/mol. The van der Waals surface area contributed by atoms with E-state index in [0.717, 1.165) is 25.0 Å². The number of carbonyl (C=O) groups is 3. The van der Waals surface area contributed by atoms with E-state index in [9.17, 15) is 18.8 Å². The van der Waals surface area contributed by atoms with Crippen LogP contribution in [0.5, 0.6) is 0 Å². The third-order valence-corrected chi connectivity index (χ3v) is 6.62. The van der Waals surface area contributed by atoms with Gasteiger partial charge in [-0.05, 0) is 43.9 Å². The van der Waals surface area contributed by atoms with Crippen LogP contribution in [0.15, 0.2) is 30.5 Å². The number of aryl methyl sites for hydroxylation is 2. The molecule has 9 nitrogen and oxygen atoms in total. The number of nitrogens with zero attached hydrogens (tertiary/aromatic N) is 3. The number of Topliss-reactive ketones (excluding diaryl/α,β-unsaturated/α-hetero) is 2. The molecule has 0 bridgehead atoms. The molecule has 3 aromatic rings. The molecule has 1 aromatic carbocycles. The summed E-state index contributed by atoms with van der Waals surface area (Å²) >= 11 is 0. The molecular formula is C25H29FN6O3. The lowest BCUT2D eigenvalue weighted by molar-refractivity contribution is -0.118. The maximum absolute atomic E-state index is 15.0. The van der Waals surface area contributed by atoms with Crippen molar-refractivity contribution in [3.8, 4) is 11.3 Å². The minimum absolute atomic E-state index is 0.0183. The summed E-state index contributed by atoms with van der Waals surface area (Å²) in [6, 6.07) is 6.35. The van der Waals surface area contributed by atoms with Crippen molar-refractivity contribution < 1.29 is 18.8 Å². The largest absolute Gasteiger partial charge is 0.375 e. The number of rotatable bonds is 9. The van der Waals surface area contributed by atoms with E-state index in [-0.39, 0.29) is 41.7 Å². The minimum atomic E-state index is -0.645. The van der Waals surface area contributed by atoms with E-state index >= 15 is 0 Å². The zero-order valence-electron chi connectivity index (χ0n) is 19.8. The fourth-order valence-electron chi connectivity index (χ4n) is 4.85. The monoisotopic (exact) mass is 480 g/mol. The molecule has 0 saturated heterocycles. The summed E-state index contributed by atoms with van der Waals surface area (Å²) in [5.74, 6) is -2.17. The highest BCUT2D eigenvalue weighted by Crippen LogP contribution is 2.36. The number of primary amides is 1. The van der Waals surface area contributed by atoms with Gasteiger partial charge in [-0.25, -0.2) is 4.39 Å². The molecule has 1 amide bonds. The number of aromatic nitrogens is 4. The Balaban J connectivity index is 1.43. The van der Waals surface area contributed by atoms with E-state index in [1.54, 1.807) is 13.1 Å². The molecule has 2 atom stereocenters. The molecule has 184 valence electrons. The van der Waals surface area contributed by atoms with Gasteiger partial charge in [-0.2, -0.15) is 10.2 Å². The first-order valence-electron chi connectivity index (χ1n) is 11.7. The number of ketones is 2. The van der Waals surface area contributed by atoms with Crippen LogP contribution in [-0.2, 0) is 11.8 Å². The van der Waals surface area contributed by atoms with E-state index in [4.69, 9.17) is 5.73 Å². The van der Waals surface area contributed by atoms with Crippen LogP contribution in [0.3, 0.4) is 0 Å². The average Bonchev–Trinajstić information content (AvgIpc) is 3.43. The van der Waals surface area contributed by atoms with Gasteiger partial charge >= 0.3 is 0 Å². The van der Waals surface area contributed by atoms with Gasteiger partial charge in [-0.3, -0.25) is 24.2 Å². The fourth-order valence-corrected chi connectivity index (χ4v) is 4.85. The molecule has 10 heteroatoms. The minimum Gasteiger partial charge on any atom is -0.375 e. The molecule has 1 fully saturated rings. The zero-order chi connectivity index (χ0) is 25.1. The normalized spacial score (nSPS) is 17.8. The Morgan fingerprint density at radius 2 is 2.00 bits per heavy atom. The van der Waals surface area contributed by atoms with Crippen LogP contribution in [0.25, 0.3) is 11.3 Å². The van der Waals surface area contributed by atoms with Gasteiger partial charge in [0.05, 0.1) is 29.7 Å². The van der Waals surface area contributed by atoms with Crippen LogP contribution in [-0.4, -0.2) is 44.0 Å². The molecule has 4 rings (SSSR count). The Kier molecular flexibility index (Phi) is 7.09. The molecule has 1 saturated carbocycles. The first kappa shape index (κ1) is 24.3. The van der Waals surface area contributed by atoms with Crippen LogP contribution in [0.1, 0.15) is 58.6 Å². The molecule has 0 aliphatic heterocycles. The lowest BCUT2D eigenvalue weighted by Crippen LogP contribution is -2.31. The molecule has 35 heavy (non-hydrogen) atoms. The van der Waals surface area contributed by atoms with Crippen LogP contribution >= 0.6 is 0 Å². The van der Waals surface area contributed by atoms with Gasteiger partial charge in [0.2, 0.25) is 0 Å². The summed E-state index contributed by atoms with van der Waals surface area (Å²) in [4.78, 5) is 37.7. The third kappa shape index (κ3) is 5.31. The van der Waals surface area contributed by atoms with Crippen LogP contribution < -0.4 is 11.1 Å².